The van der Waals surface area contributed by atoms with E-state index < -0.39 is 0 Å². The van der Waals surface area contributed by atoms with E-state index in [1.54, 1.807) is 0 Å². The smallest absolute Gasteiger partial charge is 0.309 e. The van der Waals surface area contributed by atoms with Crippen molar-refractivity contribution in [3.63, 3.8) is 0 Å². The van der Waals surface area contributed by atoms with Gasteiger partial charge in [-0.25, -0.2) is 0 Å². The number of likely N-dealkylation sites (N-methyl/N-ethyl adjacent to an activating group) is 1. The third kappa shape index (κ3) is 11.2. The molecule has 0 rings (SSSR count). The lowest BCUT2D eigenvalue weighted by atomic mass is 10.2. The summed E-state index contributed by atoms with van der Waals surface area (Å²) < 4.78 is 5.94. The molecule has 0 fully saturated rings. The van der Waals surface area contributed by atoms with Gasteiger partial charge in [-0.3, -0.25) is 4.79 Å². The molecule has 0 aliphatic heterocycles. The largest absolute Gasteiger partial charge is 0.459 e. The summed E-state index contributed by atoms with van der Waals surface area (Å²) in [5.74, 6) is -0.124. The van der Waals surface area contributed by atoms with Crippen LogP contribution in [-0.2, 0) is 9.53 Å². The summed E-state index contributed by atoms with van der Waals surface area (Å²) in [6.07, 6.45) is 7.81. The summed E-state index contributed by atoms with van der Waals surface area (Å²) in [5, 5.41) is 0. The molecule has 0 unspecified atom stereocenters. The van der Waals surface area contributed by atoms with Crippen molar-refractivity contribution in [2.75, 3.05) is 34.3 Å². The second-order valence-electron chi connectivity index (χ2n) is 5.05. The Balaban J connectivity index is 3.48. The Labute approximate surface area is 99.7 Å². The molecule has 94 valence electrons. The van der Waals surface area contributed by atoms with E-state index in [9.17, 15) is 4.79 Å². The second kappa shape index (κ2) is 8.34. The number of carbonyl (C=O) groups is 1. The first-order valence-electron chi connectivity index (χ1n) is 6.07. The first kappa shape index (κ1) is 15.2. The van der Waals surface area contributed by atoms with Gasteiger partial charge in [-0.05, 0) is 6.42 Å². The molecule has 0 spiro atoms. The van der Waals surface area contributed by atoms with Crippen LogP contribution in [0.25, 0.3) is 0 Å². The molecule has 3 heteroatoms. The topological polar surface area (TPSA) is 26.3 Å². The van der Waals surface area contributed by atoms with Gasteiger partial charge in [0.15, 0.2) is 0 Å². The highest BCUT2D eigenvalue weighted by atomic mass is 16.5. The van der Waals surface area contributed by atoms with Gasteiger partial charge in [0.05, 0.1) is 27.6 Å². The molecular formula is C13H26NO2+. The SMILES string of the molecule is CCCCC=CCC(=O)OCC[N+](C)(C)C. The van der Waals surface area contributed by atoms with Crippen LogP contribution in [0.2, 0.25) is 0 Å². The highest BCUT2D eigenvalue weighted by molar-refractivity contribution is 5.71. The molecule has 0 bridgehead atoms. The van der Waals surface area contributed by atoms with E-state index in [4.69, 9.17) is 4.74 Å². The van der Waals surface area contributed by atoms with Gasteiger partial charge in [-0.15, -0.1) is 0 Å². The molecule has 0 heterocycles. The van der Waals surface area contributed by atoms with E-state index in [0.717, 1.165) is 17.4 Å². The normalized spacial score (nSPS) is 12.0. The van der Waals surface area contributed by atoms with E-state index in [2.05, 4.69) is 34.1 Å². The number of hydrogen-bond donors (Lipinski definition) is 0. The van der Waals surface area contributed by atoms with E-state index >= 15 is 0 Å². The lowest BCUT2D eigenvalue weighted by Gasteiger charge is -2.23. The summed E-state index contributed by atoms with van der Waals surface area (Å²) in [4.78, 5) is 11.3. The van der Waals surface area contributed by atoms with E-state index in [-0.39, 0.29) is 5.97 Å². The number of ether oxygens (including phenoxy) is 1. The average molecular weight is 228 g/mol. The van der Waals surface area contributed by atoms with Crippen molar-refractivity contribution in [3.8, 4) is 0 Å². The third-order valence-electron chi connectivity index (χ3n) is 2.20. The number of quaternary nitrogens is 1. The van der Waals surface area contributed by atoms with Gasteiger partial charge < -0.3 is 9.22 Å². The Morgan fingerprint density at radius 2 is 1.94 bits per heavy atom. The van der Waals surface area contributed by atoms with Crippen molar-refractivity contribution < 1.29 is 14.0 Å². The zero-order valence-electron chi connectivity index (χ0n) is 11.2. The molecule has 0 aromatic rings. The molecular weight excluding hydrogens is 202 g/mol. The Kier molecular flexibility index (Phi) is 7.90. The Morgan fingerprint density at radius 3 is 2.50 bits per heavy atom. The molecule has 0 N–H and O–H groups in total. The number of carbonyl (C=O) groups excluding carboxylic acids is 1. The van der Waals surface area contributed by atoms with Crippen LogP contribution in [0.1, 0.15) is 32.6 Å². The summed E-state index contributed by atoms with van der Waals surface area (Å²) in [7, 11) is 6.25. The fourth-order valence-electron chi connectivity index (χ4n) is 1.11. The standard InChI is InChI=1S/C13H26NO2/c1-5-6-7-8-9-10-13(15)16-12-11-14(2,3)4/h8-9H,5-7,10-12H2,1-4H3/q+1. The number of unbranched alkanes of at least 4 members (excludes halogenated alkanes) is 2. The molecule has 0 aromatic carbocycles. The van der Waals surface area contributed by atoms with Crippen LogP contribution in [0.5, 0.6) is 0 Å². The summed E-state index contributed by atoms with van der Waals surface area (Å²) in [6, 6.07) is 0. The van der Waals surface area contributed by atoms with Crippen LogP contribution in [-0.4, -0.2) is 44.7 Å². The molecule has 3 nitrogen and oxygen atoms in total. The molecule has 0 saturated heterocycles. The molecule has 0 atom stereocenters. The molecule has 0 aliphatic rings. The fraction of sp³-hybridized carbons (Fsp3) is 0.769. The number of nitrogens with zero attached hydrogens (tertiary/aromatic N) is 1. The van der Waals surface area contributed by atoms with Crippen molar-refractivity contribution >= 4 is 5.97 Å². The quantitative estimate of drug-likeness (QED) is 0.276. The van der Waals surface area contributed by atoms with Crippen LogP contribution < -0.4 is 0 Å². The van der Waals surface area contributed by atoms with Gasteiger partial charge >= 0.3 is 5.97 Å². The summed E-state index contributed by atoms with van der Waals surface area (Å²) >= 11 is 0. The van der Waals surface area contributed by atoms with Gasteiger partial charge in [0.25, 0.3) is 0 Å². The lowest BCUT2D eigenvalue weighted by molar-refractivity contribution is -0.870. The Bertz CT molecular complexity index is 216. The molecule has 0 amide bonds. The predicted molar refractivity (Wildman–Crippen MR) is 67.1 cm³/mol. The molecule has 0 radical (unpaired) electrons. The summed E-state index contributed by atoms with van der Waals surface area (Å²) in [5.41, 5.74) is 0. The average Bonchev–Trinajstić information content (AvgIpc) is 2.15. The highest BCUT2D eigenvalue weighted by Crippen LogP contribution is 1.97. The van der Waals surface area contributed by atoms with Crippen LogP contribution >= 0.6 is 0 Å². The zero-order valence-corrected chi connectivity index (χ0v) is 11.2. The van der Waals surface area contributed by atoms with E-state index in [0.29, 0.717) is 13.0 Å². The third-order valence-corrected chi connectivity index (χ3v) is 2.20. The second-order valence-corrected chi connectivity index (χ2v) is 5.05. The molecule has 0 aromatic heterocycles. The maximum absolute atomic E-state index is 11.3. The van der Waals surface area contributed by atoms with Crippen LogP contribution in [0.3, 0.4) is 0 Å². The zero-order chi connectivity index (χ0) is 12.4. The van der Waals surface area contributed by atoms with Crippen LogP contribution in [0, 0.1) is 0 Å². The molecule has 0 aliphatic carbocycles. The number of rotatable bonds is 8. The van der Waals surface area contributed by atoms with Crippen molar-refractivity contribution in [2.45, 2.75) is 32.6 Å². The predicted octanol–water partition coefficient (Wildman–Crippen LogP) is 2.37. The van der Waals surface area contributed by atoms with E-state index in [1.165, 1.54) is 12.8 Å². The number of hydrogen-bond acceptors (Lipinski definition) is 2. The minimum absolute atomic E-state index is 0.124. The first-order valence-corrected chi connectivity index (χ1v) is 6.07. The van der Waals surface area contributed by atoms with Gasteiger partial charge in [0.2, 0.25) is 0 Å². The Morgan fingerprint density at radius 1 is 1.25 bits per heavy atom. The van der Waals surface area contributed by atoms with Crippen molar-refractivity contribution in [1.82, 2.24) is 0 Å². The number of esters is 1. The minimum Gasteiger partial charge on any atom is -0.459 e. The van der Waals surface area contributed by atoms with Gasteiger partial charge in [-0.1, -0.05) is 31.9 Å². The maximum Gasteiger partial charge on any atom is 0.309 e. The summed E-state index contributed by atoms with van der Waals surface area (Å²) in [6.45, 7) is 3.52. The van der Waals surface area contributed by atoms with Gasteiger partial charge in [0, 0.05) is 0 Å². The molecule has 0 saturated carbocycles. The van der Waals surface area contributed by atoms with Crippen molar-refractivity contribution in [1.29, 1.82) is 0 Å². The van der Waals surface area contributed by atoms with Gasteiger partial charge in [-0.2, -0.15) is 0 Å². The Hall–Kier alpha value is -0.830. The van der Waals surface area contributed by atoms with Crippen molar-refractivity contribution in [3.05, 3.63) is 12.2 Å². The monoisotopic (exact) mass is 228 g/mol. The lowest BCUT2D eigenvalue weighted by Crippen LogP contribution is -2.37. The van der Waals surface area contributed by atoms with E-state index in [1.807, 2.05) is 6.08 Å². The maximum atomic E-state index is 11.3. The first-order chi connectivity index (χ1) is 7.45. The van der Waals surface area contributed by atoms with Crippen LogP contribution in [0.4, 0.5) is 0 Å². The van der Waals surface area contributed by atoms with Crippen molar-refractivity contribution in [2.24, 2.45) is 0 Å². The fourth-order valence-corrected chi connectivity index (χ4v) is 1.11. The highest BCUT2D eigenvalue weighted by Gasteiger charge is 2.08. The number of allylic oxidation sites excluding steroid dienone is 1. The van der Waals surface area contributed by atoms with Crippen LogP contribution in [0.15, 0.2) is 12.2 Å². The van der Waals surface area contributed by atoms with Gasteiger partial charge in [0.1, 0.15) is 13.2 Å². The minimum atomic E-state index is -0.124. The molecule has 16 heavy (non-hydrogen) atoms.